The summed E-state index contributed by atoms with van der Waals surface area (Å²) in [7, 11) is 0. The summed E-state index contributed by atoms with van der Waals surface area (Å²) in [4.78, 5) is 17.6. The van der Waals surface area contributed by atoms with Gasteiger partial charge < -0.3 is 14.8 Å². The van der Waals surface area contributed by atoms with E-state index in [0.29, 0.717) is 50.5 Å². The molecule has 4 rings (SSSR count). The molecule has 1 heterocycles. The summed E-state index contributed by atoms with van der Waals surface area (Å²) in [6.45, 7) is 6.63. The fraction of sp³-hybridized carbons (Fsp3) is 0.185. The minimum Gasteiger partial charge on any atom is -0.490 e. The number of thioether (sulfide) groups is 1. The van der Waals surface area contributed by atoms with E-state index in [0.717, 1.165) is 16.7 Å². The van der Waals surface area contributed by atoms with E-state index in [1.807, 2.05) is 63.2 Å². The molecule has 1 amide bonds. The summed E-state index contributed by atoms with van der Waals surface area (Å²) in [6.07, 6.45) is 1.76. The molecule has 1 aliphatic heterocycles. The van der Waals surface area contributed by atoms with E-state index in [-0.39, 0.29) is 5.91 Å². The molecule has 0 aromatic heterocycles. The van der Waals surface area contributed by atoms with Gasteiger partial charge in [0.05, 0.1) is 22.2 Å². The van der Waals surface area contributed by atoms with Crippen molar-refractivity contribution in [2.24, 2.45) is 4.99 Å². The van der Waals surface area contributed by atoms with E-state index in [1.54, 1.807) is 18.2 Å². The quantitative estimate of drug-likeness (QED) is 0.324. The highest BCUT2D eigenvalue weighted by molar-refractivity contribution is 8.18. The molecule has 3 aromatic carbocycles. The van der Waals surface area contributed by atoms with E-state index in [9.17, 15) is 4.79 Å². The van der Waals surface area contributed by atoms with Crippen LogP contribution < -0.4 is 14.8 Å². The van der Waals surface area contributed by atoms with Gasteiger partial charge >= 0.3 is 0 Å². The van der Waals surface area contributed by atoms with E-state index < -0.39 is 0 Å². The first-order valence-electron chi connectivity index (χ1n) is 11.0. The first kappa shape index (κ1) is 25.2. The van der Waals surface area contributed by atoms with Crippen LogP contribution in [-0.2, 0) is 11.4 Å². The van der Waals surface area contributed by atoms with Gasteiger partial charge in [0.25, 0.3) is 5.91 Å². The zero-order valence-electron chi connectivity index (χ0n) is 19.5. The molecule has 0 unspecified atom stereocenters. The molecule has 0 radical (unpaired) electrons. The number of ether oxygens (including phenoxy) is 2. The fourth-order valence-electron chi connectivity index (χ4n) is 3.37. The maximum absolute atomic E-state index is 12.6. The molecule has 5 nitrogen and oxygen atoms in total. The Morgan fingerprint density at radius 3 is 2.54 bits per heavy atom. The first-order valence-corrected chi connectivity index (χ1v) is 12.6. The molecule has 3 aromatic rings. The predicted molar refractivity (Wildman–Crippen MR) is 145 cm³/mol. The van der Waals surface area contributed by atoms with Gasteiger partial charge in [0.2, 0.25) is 0 Å². The number of aliphatic imine (C=N–C) groups is 1. The zero-order valence-corrected chi connectivity index (χ0v) is 21.9. The lowest BCUT2D eigenvalue weighted by atomic mass is 10.1. The number of benzene rings is 3. The van der Waals surface area contributed by atoms with Crippen molar-refractivity contribution in [2.75, 3.05) is 6.61 Å². The van der Waals surface area contributed by atoms with Gasteiger partial charge in [-0.05, 0) is 79.6 Å². The third-order valence-corrected chi connectivity index (χ3v) is 6.85. The van der Waals surface area contributed by atoms with Gasteiger partial charge in [-0.3, -0.25) is 4.79 Å². The van der Waals surface area contributed by atoms with Crippen molar-refractivity contribution < 1.29 is 14.3 Å². The van der Waals surface area contributed by atoms with Crippen LogP contribution in [0.3, 0.4) is 0 Å². The second-order valence-corrected chi connectivity index (χ2v) is 9.75. The number of carbonyl (C=O) groups excluding carboxylic acids is 1. The second-order valence-electron chi connectivity index (χ2n) is 7.90. The van der Waals surface area contributed by atoms with Crippen LogP contribution in [-0.4, -0.2) is 17.7 Å². The van der Waals surface area contributed by atoms with Crippen LogP contribution in [0.1, 0.15) is 29.2 Å². The molecule has 0 aliphatic carbocycles. The van der Waals surface area contributed by atoms with Crippen molar-refractivity contribution in [1.29, 1.82) is 0 Å². The lowest BCUT2D eigenvalue weighted by Crippen LogP contribution is -2.19. The van der Waals surface area contributed by atoms with Crippen LogP contribution in [0.2, 0.25) is 10.0 Å². The minimum absolute atomic E-state index is 0.234. The van der Waals surface area contributed by atoms with Gasteiger partial charge in [-0.25, -0.2) is 4.99 Å². The van der Waals surface area contributed by atoms with Crippen LogP contribution in [0.4, 0.5) is 5.69 Å². The summed E-state index contributed by atoms with van der Waals surface area (Å²) in [5.74, 6) is 0.756. The van der Waals surface area contributed by atoms with Crippen molar-refractivity contribution in [2.45, 2.75) is 27.4 Å². The lowest BCUT2D eigenvalue weighted by Gasteiger charge is -2.15. The number of halogens is 2. The number of aryl methyl sites for hydroxylation is 1. The molecule has 0 bridgehead atoms. The number of hydrogen-bond donors (Lipinski definition) is 1. The summed E-state index contributed by atoms with van der Waals surface area (Å²) in [5.41, 5.74) is 4.49. The summed E-state index contributed by atoms with van der Waals surface area (Å²) >= 11 is 14.0. The fourth-order valence-corrected chi connectivity index (χ4v) is 4.65. The Hall–Kier alpha value is -2.93. The van der Waals surface area contributed by atoms with Gasteiger partial charge in [-0.1, -0.05) is 59.1 Å². The number of nitrogens with zero attached hydrogens (tertiary/aromatic N) is 1. The highest BCUT2D eigenvalue weighted by Gasteiger charge is 2.24. The Kier molecular flexibility index (Phi) is 8.06. The molecule has 35 heavy (non-hydrogen) atoms. The first-order chi connectivity index (χ1) is 16.8. The molecule has 1 aliphatic rings. The summed E-state index contributed by atoms with van der Waals surface area (Å²) in [5, 5.41) is 4.32. The molecule has 0 spiro atoms. The highest BCUT2D eigenvalue weighted by atomic mass is 35.5. The van der Waals surface area contributed by atoms with Crippen LogP contribution in [0.5, 0.6) is 11.5 Å². The van der Waals surface area contributed by atoms with Gasteiger partial charge in [0.1, 0.15) is 6.61 Å². The largest absolute Gasteiger partial charge is 0.490 e. The Bertz CT molecular complexity index is 1320. The molecule has 1 fully saturated rings. The maximum Gasteiger partial charge on any atom is 0.264 e. The molecule has 1 saturated heterocycles. The highest BCUT2D eigenvalue weighted by Crippen LogP contribution is 2.39. The van der Waals surface area contributed by atoms with Crippen molar-refractivity contribution >= 4 is 57.8 Å². The molecule has 1 N–H and O–H groups in total. The van der Waals surface area contributed by atoms with Crippen LogP contribution in [0.15, 0.2) is 64.5 Å². The van der Waals surface area contributed by atoms with Crippen LogP contribution in [0.25, 0.3) is 6.08 Å². The van der Waals surface area contributed by atoms with Crippen molar-refractivity contribution in [3.63, 3.8) is 0 Å². The lowest BCUT2D eigenvalue weighted by molar-refractivity contribution is -0.115. The normalized spacial score (nSPS) is 15.5. The van der Waals surface area contributed by atoms with Crippen molar-refractivity contribution in [3.05, 3.63) is 91.8 Å². The number of carbonyl (C=O) groups is 1. The molecule has 8 heteroatoms. The monoisotopic (exact) mass is 526 g/mol. The smallest absolute Gasteiger partial charge is 0.264 e. The van der Waals surface area contributed by atoms with Crippen molar-refractivity contribution in [1.82, 2.24) is 5.32 Å². The van der Waals surface area contributed by atoms with E-state index >= 15 is 0 Å². The number of nitrogens with one attached hydrogen (secondary N) is 1. The second kappa shape index (κ2) is 11.2. The minimum atomic E-state index is -0.234. The summed E-state index contributed by atoms with van der Waals surface area (Å²) in [6, 6.07) is 17.2. The van der Waals surface area contributed by atoms with E-state index in [2.05, 4.69) is 10.3 Å². The third kappa shape index (κ3) is 6.20. The van der Waals surface area contributed by atoms with Crippen LogP contribution >= 0.6 is 35.0 Å². The van der Waals surface area contributed by atoms with Gasteiger partial charge in [0.15, 0.2) is 16.7 Å². The van der Waals surface area contributed by atoms with Crippen LogP contribution in [0, 0.1) is 13.8 Å². The standard InChI is InChI=1S/C27H24Cl2N2O3S/c1-4-33-23-13-19(12-21(29)25(23)34-15-18-10-8-16(2)9-11-18)14-24-26(32)31-27(35-24)30-22-7-5-6-20(28)17(22)3/h5-14H,4,15H2,1-3H3,(H,30,31,32)/b24-14+. The molecule has 0 atom stereocenters. The topological polar surface area (TPSA) is 59.9 Å². The summed E-state index contributed by atoms with van der Waals surface area (Å²) < 4.78 is 11.8. The SMILES string of the molecule is CCOc1cc(/C=C2/SC(=Nc3cccc(Cl)c3C)NC2=O)cc(Cl)c1OCc1ccc(C)cc1. The number of amides is 1. The Morgan fingerprint density at radius 1 is 1.03 bits per heavy atom. The van der Waals surface area contributed by atoms with Gasteiger partial charge in [-0.15, -0.1) is 0 Å². The van der Waals surface area contributed by atoms with Crippen molar-refractivity contribution in [3.8, 4) is 11.5 Å². The predicted octanol–water partition coefficient (Wildman–Crippen LogP) is 7.48. The van der Waals surface area contributed by atoms with E-state index in [1.165, 1.54) is 17.3 Å². The van der Waals surface area contributed by atoms with Gasteiger partial charge in [0, 0.05) is 5.02 Å². The van der Waals surface area contributed by atoms with Gasteiger partial charge in [-0.2, -0.15) is 0 Å². The maximum atomic E-state index is 12.6. The molecule has 0 saturated carbocycles. The van der Waals surface area contributed by atoms with E-state index in [4.69, 9.17) is 32.7 Å². The average Bonchev–Trinajstić information content (AvgIpc) is 3.16. The zero-order chi connectivity index (χ0) is 24.9. The molecular formula is C27H24Cl2N2O3S. The Morgan fingerprint density at radius 2 is 1.80 bits per heavy atom. The third-order valence-electron chi connectivity index (χ3n) is 5.25. The molecule has 180 valence electrons. The number of rotatable bonds is 7. The average molecular weight is 527 g/mol. The number of amidine groups is 1. The Balaban J connectivity index is 1.56. The Labute approximate surface area is 219 Å². The molecular weight excluding hydrogens is 503 g/mol. The number of hydrogen-bond acceptors (Lipinski definition) is 5.